The fourth-order valence-electron chi connectivity index (χ4n) is 5.82. The van der Waals surface area contributed by atoms with Gasteiger partial charge >= 0.3 is 6.09 Å². The summed E-state index contributed by atoms with van der Waals surface area (Å²) in [5.74, 6) is 0.560. The summed E-state index contributed by atoms with van der Waals surface area (Å²) in [5, 5.41) is 3.90. The number of rotatable bonds is 12. The number of aromatic nitrogens is 2. The van der Waals surface area contributed by atoms with E-state index in [0.29, 0.717) is 33.7 Å². The maximum atomic E-state index is 15.1. The SMILES string of the molecule is CCCN1CCN(CCOc2ccc(Nc3nccc(N(Cc4cc(Cl)cc(Cl)c4)C(=O)Oc4c(C)cc(C)cc4C)n3)cc2F)CC1. The summed E-state index contributed by atoms with van der Waals surface area (Å²) >= 11 is 12.5. The van der Waals surface area contributed by atoms with Crippen molar-refractivity contribution >= 4 is 46.7 Å². The fraction of sp³-hybridized carbons (Fsp3) is 0.361. The molecule has 0 spiro atoms. The van der Waals surface area contributed by atoms with Gasteiger partial charge in [0.15, 0.2) is 11.6 Å². The number of anilines is 3. The number of ether oxygens (including phenoxy) is 2. The van der Waals surface area contributed by atoms with Gasteiger partial charge in [-0.3, -0.25) is 9.80 Å². The van der Waals surface area contributed by atoms with E-state index in [1.54, 1.807) is 36.4 Å². The second kappa shape index (κ2) is 16.4. The van der Waals surface area contributed by atoms with E-state index in [-0.39, 0.29) is 24.1 Å². The van der Waals surface area contributed by atoms with E-state index in [4.69, 9.17) is 32.7 Å². The third-order valence-corrected chi connectivity index (χ3v) is 8.49. The van der Waals surface area contributed by atoms with Crippen molar-refractivity contribution in [1.29, 1.82) is 0 Å². The van der Waals surface area contributed by atoms with Crippen LogP contribution < -0.4 is 19.7 Å². The van der Waals surface area contributed by atoms with Gasteiger partial charge in [0.25, 0.3) is 0 Å². The van der Waals surface area contributed by atoms with Crippen LogP contribution in [0.5, 0.6) is 11.5 Å². The van der Waals surface area contributed by atoms with Gasteiger partial charge in [-0.2, -0.15) is 4.98 Å². The molecule has 0 atom stereocenters. The number of carbonyl (C=O) groups is 1. The van der Waals surface area contributed by atoms with Gasteiger partial charge in [-0.25, -0.2) is 14.2 Å². The Bertz CT molecular complexity index is 1690. The number of hydrogen-bond acceptors (Lipinski definition) is 8. The molecule has 1 aliphatic rings. The molecule has 2 heterocycles. The minimum Gasteiger partial charge on any atom is -0.489 e. The highest BCUT2D eigenvalue weighted by Crippen LogP contribution is 2.29. The first-order valence-electron chi connectivity index (χ1n) is 16.1. The first-order chi connectivity index (χ1) is 23.1. The van der Waals surface area contributed by atoms with Crippen molar-refractivity contribution in [2.75, 3.05) is 56.1 Å². The molecule has 9 nitrogen and oxygen atoms in total. The molecule has 0 unspecified atom stereocenters. The van der Waals surface area contributed by atoms with Crippen molar-refractivity contribution in [3.8, 4) is 11.5 Å². The molecular formula is C36H41Cl2FN6O3. The Labute approximate surface area is 291 Å². The molecule has 0 aliphatic carbocycles. The third-order valence-electron chi connectivity index (χ3n) is 8.05. The van der Waals surface area contributed by atoms with E-state index in [0.717, 1.165) is 62.4 Å². The van der Waals surface area contributed by atoms with Crippen LogP contribution in [0.1, 0.15) is 35.6 Å². The quantitative estimate of drug-likeness (QED) is 0.159. The predicted octanol–water partition coefficient (Wildman–Crippen LogP) is 8.20. The number of piperazine rings is 1. The van der Waals surface area contributed by atoms with E-state index in [1.165, 1.54) is 17.2 Å². The van der Waals surface area contributed by atoms with Gasteiger partial charge in [-0.15, -0.1) is 0 Å². The standard InChI is InChI=1S/C36H41Cl2FN6O3/c1-5-10-43-11-13-44(14-12-43)15-16-47-32-7-6-30(22-31(32)39)41-35-40-9-8-33(42-35)45(23-27-19-28(37)21-29(38)20-27)36(46)48-34-25(3)17-24(2)18-26(34)4/h6-9,17-22H,5,10-16,23H2,1-4H3,(H,40,41,42). The molecule has 5 rings (SSSR count). The van der Waals surface area contributed by atoms with Crippen LogP contribution in [0.25, 0.3) is 0 Å². The largest absolute Gasteiger partial charge is 0.489 e. The van der Waals surface area contributed by atoms with E-state index >= 15 is 4.39 Å². The molecule has 1 amide bonds. The monoisotopic (exact) mass is 694 g/mol. The Morgan fingerprint density at radius 2 is 1.60 bits per heavy atom. The van der Waals surface area contributed by atoms with E-state index in [2.05, 4.69) is 32.0 Å². The highest BCUT2D eigenvalue weighted by molar-refractivity contribution is 6.34. The highest BCUT2D eigenvalue weighted by atomic mass is 35.5. The van der Waals surface area contributed by atoms with E-state index in [1.807, 2.05) is 32.9 Å². The zero-order valence-electron chi connectivity index (χ0n) is 27.7. The second-order valence-electron chi connectivity index (χ2n) is 12.0. The maximum absolute atomic E-state index is 15.1. The molecule has 4 aromatic rings. The lowest BCUT2D eigenvalue weighted by molar-refractivity contribution is 0.116. The molecule has 254 valence electrons. The molecule has 0 bridgehead atoms. The maximum Gasteiger partial charge on any atom is 0.421 e. The normalized spacial score (nSPS) is 13.7. The lowest BCUT2D eigenvalue weighted by Crippen LogP contribution is -2.47. The van der Waals surface area contributed by atoms with Crippen molar-refractivity contribution in [2.45, 2.75) is 40.7 Å². The van der Waals surface area contributed by atoms with Crippen LogP contribution >= 0.6 is 23.2 Å². The summed E-state index contributed by atoms with van der Waals surface area (Å²) in [4.78, 5) is 28.8. The Hall–Kier alpha value is -3.96. The summed E-state index contributed by atoms with van der Waals surface area (Å²) in [6.45, 7) is 14.4. The minimum atomic E-state index is -0.652. The predicted molar refractivity (Wildman–Crippen MR) is 190 cm³/mol. The summed E-state index contributed by atoms with van der Waals surface area (Å²) in [7, 11) is 0. The molecule has 1 saturated heterocycles. The first kappa shape index (κ1) is 35.3. The molecule has 1 aliphatic heterocycles. The average molecular weight is 696 g/mol. The zero-order chi connectivity index (χ0) is 34.2. The van der Waals surface area contributed by atoms with Crippen molar-refractivity contribution in [1.82, 2.24) is 19.8 Å². The molecule has 48 heavy (non-hydrogen) atoms. The van der Waals surface area contributed by atoms with Gasteiger partial charge in [-0.05, 0) is 86.8 Å². The third kappa shape index (κ3) is 9.56. The molecular weight excluding hydrogens is 654 g/mol. The van der Waals surface area contributed by atoms with Crippen LogP contribution in [0.2, 0.25) is 10.0 Å². The van der Waals surface area contributed by atoms with E-state index in [9.17, 15) is 4.79 Å². The summed E-state index contributed by atoms with van der Waals surface area (Å²) in [5.41, 5.74) is 3.82. The van der Waals surface area contributed by atoms with Crippen LogP contribution in [0.15, 0.2) is 60.8 Å². The van der Waals surface area contributed by atoms with Gasteiger partial charge in [0.1, 0.15) is 18.2 Å². The van der Waals surface area contributed by atoms with Gasteiger partial charge in [0.2, 0.25) is 5.95 Å². The van der Waals surface area contributed by atoms with Crippen LogP contribution in [0, 0.1) is 26.6 Å². The number of halogens is 3. The van der Waals surface area contributed by atoms with Gasteiger partial charge < -0.3 is 19.7 Å². The molecule has 3 aromatic carbocycles. The molecule has 1 fully saturated rings. The number of benzene rings is 3. The number of amides is 1. The fourth-order valence-corrected chi connectivity index (χ4v) is 6.39. The zero-order valence-corrected chi connectivity index (χ0v) is 29.2. The van der Waals surface area contributed by atoms with Crippen LogP contribution in [-0.4, -0.2) is 71.7 Å². The average Bonchev–Trinajstić information content (AvgIpc) is 3.03. The van der Waals surface area contributed by atoms with Crippen molar-refractivity contribution in [3.63, 3.8) is 0 Å². The number of nitrogens with one attached hydrogen (secondary N) is 1. The Balaban J connectivity index is 1.28. The summed E-state index contributed by atoms with van der Waals surface area (Å²) < 4.78 is 26.8. The van der Waals surface area contributed by atoms with Gasteiger partial charge in [0, 0.05) is 60.7 Å². The van der Waals surface area contributed by atoms with E-state index < -0.39 is 11.9 Å². The molecule has 1 N–H and O–H groups in total. The number of nitrogens with zero attached hydrogens (tertiary/aromatic N) is 5. The number of carbonyl (C=O) groups excluding carboxylic acids is 1. The lowest BCUT2D eigenvalue weighted by Gasteiger charge is -2.34. The molecule has 12 heteroatoms. The first-order valence-corrected chi connectivity index (χ1v) is 16.8. The Kier molecular flexibility index (Phi) is 12.1. The van der Waals surface area contributed by atoms with Crippen LogP contribution in [0.3, 0.4) is 0 Å². The molecule has 0 radical (unpaired) electrons. The van der Waals surface area contributed by atoms with Gasteiger partial charge in [0.05, 0.1) is 6.54 Å². The Morgan fingerprint density at radius 1 is 0.938 bits per heavy atom. The summed E-state index contributed by atoms with van der Waals surface area (Å²) in [6.07, 6.45) is 2.01. The number of hydrogen-bond donors (Lipinski definition) is 1. The second-order valence-corrected chi connectivity index (χ2v) is 12.9. The van der Waals surface area contributed by atoms with Crippen molar-refractivity contribution in [2.24, 2.45) is 0 Å². The topological polar surface area (TPSA) is 83.1 Å². The number of aryl methyl sites for hydroxylation is 3. The van der Waals surface area contributed by atoms with Gasteiger partial charge in [-0.1, -0.05) is 47.8 Å². The lowest BCUT2D eigenvalue weighted by atomic mass is 10.1. The smallest absolute Gasteiger partial charge is 0.421 e. The van der Waals surface area contributed by atoms with Crippen LogP contribution in [0.4, 0.5) is 26.6 Å². The van der Waals surface area contributed by atoms with Crippen molar-refractivity contribution in [3.05, 3.63) is 98.9 Å². The minimum absolute atomic E-state index is 0.0641. The summed E-state index contributed by atoms with van der Waals surface area (Å²) in [6, 6.07) is 15.2. The van der Waals surface area contributed by atoms with Crippen LogP contribution in [-0.2, 0) is 6.54 Å². The molecule has 1 aromatic heterocycles. The van der Waals surface area contributed by atoms with Crippen molar-refractivity contribution < 1.29 is 18.7 Å². The highest BCUT2D eigenvalue weighted by Gasteiger charge is 2.23. The Morgan fingerprint density at radius 3 is 2.25 bits per heavy atom. The molecule has 0 saturated carbocycles.